The van der Waals surface area contributed by atoms with Gasteiger partial charge in [0.05, 0.1) is 6.61 Å². The lowest BCUT2D eigenvalue weighted by atomic mass is 9.88. The highest BCUT2D eigenvalue weighted by Gasteiger charge is 2.35. The van der Waals surface area contributed by atoms with Gasteiger partial charge in [0.1, 0.15) is 6.04 Å². The molecule has 0 spiro atoms. The molecule has 138 valence electrons. The fourth-order valence-corrected chi connectivity index (χ4v) is 3.53. The average Bonchev–Trinajstić information content (AvgIpc) is 2.63. The molecule has 1 amide bonds. The molecule has 0 saturated heterocycles. The second kappa shape index (κ2) is 10.2. The Morgan fingerprint density at radius 3 is 2.56 bits per heavy atom. The van der Waals surface area contributed by atoms with Crippen LogP contribution in [0.2, 0.25) is 0 Å². The first-order valence-corrected chi connectivity index (χ1v) is 9.73. The second-order valence-electron chi connectivity index (χ2n) is 6.73. The largest absolute Gasteiger partial charge is 0.450 e. The number of ketones is 1. The van der Waals surface area contributed by atoms with Gasteiger partial charge in [-0.1, -0.05) is 63.3 Å². The molecule has 1 aromatic carbocycles. The number of hydrogen-bond donors (Lipinski definition) is 0. The summed E-state index contributed by atoms with van der Waals surface area (Å²) in [5.41, 5.74) is 2.14. The van der Waals surface area contributed by atoms with Crippen LogP contribution in [0.5, 0.6) is 0 Å². The lowest BCUT2D eigenvalue weighted by Gasteiger charge is -2.35. The Balaban J connectivity index is 2.03. The zero-order valence-corrected chi connectivity index (χ0v) is 15.6. The van der Waals surface area contributed by atoms with Crippen LogP contribution in [0.3, 0.4) is 0 Å². The van der Waals surface area contributed by atoms with E-state index in [-0.39, 0.29) is 11.9 Å². The number of hydrogen-bond acceptors (Lipinski definition) is 3. The van der Waals surface area contributed by atoms with Crippen molar-refractivity contribution in [2.24, 2.45) is 0 Å². The molecule has 25 heavy (non-hydrogen) atoms. The standard InChI is InChI=1S/C21H31NO3/c1-3-5-6-7-8-9-14-19(23)20-18-13-11-10-12-17(18)15-16-22(20)21(24)25-4-2/h10-13,20H,3-9,14-16H2,1-2H3. The molecule has 4 heteroatoms. The number of fused-ring (bicyclic) bond motifs is 1. The molecule has 0 aliphatic carbocycles. The molecule has 1 unspecified atom stereocenters. The Morgan fingerprint density at radius 1 is 1.08 bits per heavy atom. The molecule has 1 aromatic rings. The van der Waals surface area contributed by atoms with Gasteiger partial charge in [-0.05, 0) is 30.9 Å². The third-order valence-electron chi connectivity index (χ3n) is 4.87. The van der Waals surface area contributed by atoms with Crippen molar-refractivity contribution in [2.75, 3.05) is 13.2 Å². The minimum atomic E-state index is -0.486. The van der Waals surface area contributed by atoms with Crippen LogP contribution in [0, 0.1) is 0 Å². The maximum Gasteiger partial charge on any atom is 0.410 e. The van der Waals surface area contributed by atoms with Gasteiger partial charge in [-0.25, -0.2) is 4.79 Å². The topological polar surface area (TPSA) is 46.6 Å². The summed E-state index contributed by atoms with van der Waals surface area (Å²) in [4.78, 5) is 26.9. The summed E-state index contributed by atoms with van der Waals surface area (Å²) in [5.74, 6) is 0.135. The maximum absolute atomic E-state index is 12.9. The van der Waals surface area contributed by atoms with Crippen LogP contribution in [0.4, 0.5) is 4.79 Å². The van der Waals surface area contributed by atoms with Crippen molar-refractivity contribution in [1.82, 2.24) is 4.90 Å². The van der Waals surface area contributed by atoms with Gasteiger partial charge in [-0.2, -0.15) is 0 Å². The number of amides is 1. The highest BCUT2D eigenvalue weighted by atomic mass is 16.6. The normalized spacial score (nSPS) is 16.4. The summed E-state index contributed by atoms with van der Waals surface area (Å²) in [6.45, 7) is 4.87. The van der Waals surface area contributed by atoms with E-state index in [1.807, 2.05) is 18.2 Å². The van der Waals surface area contributed by atoms with Crippen LogP contribution in [0.25, 0.3) is 0 Å². The van der Waals surface area contributed by atoms with Crippen molar-refractivity contribution in [2.45, 2.75) is 71.3 Å². The average molecular weight is 345 g/mol. The molecular weight excluding hydrogens is 314 g/mol. The third-order valence-corrected chi connectivity index (χ3v) is 4.87. The van der Waals surface area contributed by atoms with Gasteiger partial charge in [0.15, 0.2) is 5.78 Å². The Hall–Kier alpha value is -1.84. The lowest BCUT2D eigenvalue weighted by Crippen LogP contribution is -2.43. The molecule has 0 saturated carbocycles. The van der Waals surface area contributed by atoms with Crippen LogP contribution < -0.4 is 0 Å². The molecule has 2 rings (SSSR count). The number of carbonyl (C=O) groups excluding carboxylic acids is 2. The predicted octanol–water partition coefficient (Wildman–Crippen LogP) is 5.06. The number of Topliss-reactive ketones (excluding diaryl/α,β-unsaturated/α-hetero) is 1. The highest BCUT2D eigenvalue weighted by molar-refractivity contribution is 5.89. The molecule has 0 N–H and O–H groups in total. The van der Waals surface area contributed by atoms with E-state index in [2.05, 4.69) is 13.0 Å². The number of ether oxygens (including phenoxy) is 1. The van der Waals surface area contributed by atoms with E-state index < -0.39 is 6.04 Å². The summed E-state index contributed by atoms with van der Waals surface area (Å²) in [6, 6.07) is 7.49. The van der Waals surface area contributed by atoms with Crippen LogP contribution in [0.15, 0.2) is 24.3 Å². The first-order chi connectivity index (χ1) is 12.2. The molecule has 0 bridgehead atoms. The highest BCUT2D eigenvalue weighted by Crippen LogP contribution is 2.32. The number of carbonyl (C=O) groups is 2. The Morgan fingerprint density at radius 2 is 1.80 bits per heavy atom. The quantitative estimate of drug-likeness (QED) is 0.588. The molecule has 1 aliphatic rings. The summed E-state index contributed by atoms with van der Waals surface area (Å²) in [5, 5.41) is 0. The minimum Gasteiger partial charge on any atom is -0.450 e. The summed E-state index contributed by atoms with van der Waals surface area (Å²) >= 11 is 0. The summed E-state index contributed by atoms with van der Waals surface area (Å²) in [6.07, 6.45) is 7.83. The van der Waals surface area contributed by atoms with E-state index in [1.165, 1.54) is 31.2 Å². The van der Waals surface area contributed by atoms with E-state index in [9.17, 15) is 9.59 Å². The van der Waals surface area contributed by atoms with E-state index in [1.54, 1.807) is 11.8 Å². The zero-order chi connectivity index (χ0) is 18.1. The fourth-order valence-electron chi connectivity index (χ4n) is 3.53. The molecule has 4 nitrogen and oxygen atoms in total. The van der Waals surface area contributed by atoms with Crippen LogP contribution in [0.1, 0.15) is 76.0 Å². The van der Waals surface area contributed by atoms with Gasteiger partial charge >= 0.3 is 6.09 Å². The van der Waals surface area contributed by atoms with Gasteiger partial charge in [0, 0.05) is 13.0 Å². The van der Waals surface area contributed by atoms with Crippen molar-refractivity contribution in [3.63, 3.8) is 0 Å². The molecule has 0 radical (unpaired) electrons. The third kappa shape index (κ3) is 5.32. The lowest BCUT2D eigenvalue weighted by molar-refractivity contribution is -0.124. The Bertz CT molecular complexity index is 570. The summed E-state index contributed by atoms with van der Waals surface area (Å²) in [7, 11) is 0. The van der Waals surface area contributed by atoms with Gasteiger partial charge in [-0.15, -0.1) is 0 Å². The monoisotopic (exact) mass is 345 g/mol. The van der Waals surface area contributed by atoms with Crippen molar-refractivity contribution >= 4 is 11.9 Å². The number of benzene rings is 1. The van der Waals surface area contributed by atoms with Crippen molar-refractivity contribution in [3.05, 3.63) is 35.4 Å². The molecular formula is C21H31NO3. The minimum absolute atomic E-state index is 0.135. The van der Waals surface area contributed by atoms with Crippen molar-refractivity contribution < 1.29 is 14.3 Å². The van der Waals surface area contributed by atoms with Gasteiger partial charge in [0.25, 0.3) is 0 Å². The van der Waals surface area contributed by atoms with Gasteiger partial charge in [-0.3, -0.25) is 9.69 Å². The van der Waals surface area contributed by atoms with Gasteiger partial charge in [0.2, 0.25) is 0 Å². The number of rotatable bonds is 9. The smallest absolute Gasteiger partial charge is 0.410 e. The second-order valence-corrected chi connectivity index (χ2v) is 6.73. The first-order valence-electron chi connectivity index (χ1n) is 9.73. The summed E-state index contributed by atoms with van der Waals surface area (Å²) < 4.78 is 5.18. The van der Waals surface area contributed by atoms with E-state index >= 15 is 0 Å². The van der Waals surface area contributed by atoms with Crippen LogP contribution >= 0.6 is 0 Å². The maximum atomic E-state index is 12.9. The Kier molecular flexibility index (Phi) is 7.96. The number of nitrogens with zero attached hydrogens (tertiary/aromatic N) is 1. The predicted molar refractivity (Wildman–Crippen MR) is 99.6 cm³/mol. The van der Waals surface area contributed by atoms with E-state index in [0.717, 1.165) is 24.8 Å². The van der Waals surface area contributed by atoms with Crippen molar-refractivity contribution in [1.29, 1.82) is 0 Å². The number of unbranched alkanes of at least 4 members (excludes halogenated alkanes) is 5. The van der Waals surface area contributed by atoms with E-state index in [0.29, 0.717) is 19.6 Å². The van der Waals surface area contributed by atoms with E-state index in [4.69, 9.17) is 4.74 Å². The van der Waals surface area contributed by atoms with Gasteiger partial charge < -0.3 is 4.74 Å². The molecule has 1 heterocycles. The zero-order valence-electron chi connectivity index (χ0n) is 15.6. The van der Waals surface area contributed by atoms with Crippen LogP contribution in [-0.4, -0.2) is 29.9 Å². The molecule has 1 atom stereocenters. The Labute approximate surface area is 151 Å². The van der Waals surface area contributed by atoms with Crippen molar-refractivity contribution in [3.8, 4) is 0 Å². The molecule has 1 aliphatic heterocycles. The fraction of sp³-hybridized carbons (Fsp3) is 0.619. The molecule has 0 aromatic heterocycles. The first kappa shape index (κ1) is 19.5. The van der Waals surface area contributed by atoms with Crippen LogP contribution in [-0.2, 0) is 16.0 Å². The SMILES string of the molecule is CCCCCCCCC(=O)C1c2ccccc2CCN1C(=O)OCC. The molecule has 0 fully saturated rings.